The van der Waals surface area contributed by atoms with Crippen molar-refractivity contribution in [3.05, 3.63) is 88.2 Å². The third kappa shape index (κ3) is 3.47. The molecule has 2 atom stereocenters. The Hall–Kier alpha value is -3.25. The molecule has 3 aromatic rings. The molecule has 5 rings (SSSR count). The molecule has 0 aliphatic carbocycles. The summed E-state index contributed by atoms with van der Waals surface area (Å²) in [5, 5.41) is 7.41. The number of methoxy groups -OCH3 is 2. The second kappa shape index (κ2) is 7.78. The van der Waals surface area contributed by atoms with Crippen molar-refractivity contribution >= 4 is 17.3 Å². The van der Waals surface area contributed by atoms with E-state index in [4.69, 9.17) is 30.9 Å². The van der Waals surface area contributed by atoms with Crippen molar-refractivity contribution in [1.29, 1.82) is 0 Å². The smallest absolute Gasteiger partial charge is 0.213 e. The van der Waals surface area contributed by atoms with Gasteiger partial charge in [-0.3, -0.25) is 0 Å². The lowest BCUT2D eigenvalue weighted by atomic mass is 9.95. The van der Waals surface area contributed by atoms with Crippen LogP contribution in [0.25, 0.3) is 0 Å². The van der Waals surface area contributed by atoms with Crippen molar-refractivity contribution in [1.82, 2.24) is 5.01 Å². The number of fused-ring (bicyclic) bond motifs is 3. The second-order valence-corrected chi connectivity index (χ2v) is 7.86. The second-order valence-electron chi connectivity index (χ2n) is 7.42. The van der Waals surface area contributed by atoms with Gasteiger partial charge in [0, 0.05) is 28.1 Å². The fraction of sp³-hybridized carbons (Fsp3) is 0.208. The summed E-state index contributed by atoms with van der Waals surface area (Å²) in [7, 11) is 3.21. The molecule has 2 heterocycles. The van der Waals surface area contributed by atoms with Crippen LogP contribution in [0.2, 0.25) is 5.02 Å². The van der Waals surface area contributed by atoms with Gasteiger partial charge >= 0.3 is 0 Å². The highest BCUT2D eigenvalue weighted by molar-refractivity contribution is 6.30. The molecule has 2 aliphatic rings. The zero-order valence-electron chi connectivity index (χ0n) is 17.0. The van der Waals surface area contributed by atoms with Crippen LogP contribution in [-0.4, -0.2) is 24.9 Å². The van der Waals surface area contributed by atoms with Gasteiger partial charge in [-0.05, 0) is 48.5 Å². The van der Waals surface area contributed by atoms with Gasteiger partial charge in [-0.25, -0.2) is 9.40 Å². The summed E-state index contributed by atoms with van der Waals surface area (Å²) in [6, 6.07) is 17.6. The van der Waals surface area contributed by atoms with Crippen LogP contribution in [0.3, 0.4) is 0 Å². The Kier molecular flexibility index (Phi) is 4.94. The maximum atomic E-state index is 14.0. The van der Waals surface area contributed by atoms with E-state index >= 15 is 0 Å². The van der Waals surface area contributed by atoms with Crippen LogP contribution in [0, 0.1) is 5.82 Å². The quantitative estimate of drug-likeness (QED) is 0.521. The summed E-state index contributed by atoms with van der Waals surface area (Å²) in [5.41, 5.74) is 3.46. The lowest BCUT2D eigenvalue weighted by Gasteiger charge is -2.38. The number of rotatable bonds is 4. The standard InChI is InChI=1S/C24H20ClFN2O3/c1-29-22-8-6-14(11-23(22)30-2)19-13-20-18-12-16(25)7-9-21(18)31-24(28(20)27-19)15-4-3-5-17(26)10-15/h3-12,20,24H,13H2,1-2H3/t20-,24-/m0/s1. The minimum atomic E-state index is -0.549. The third-order valence-corrected chi connectivity index (χ3v) is 5.84. The van der Waals surface area contributed by atoms with E-state index in [1.54, 1.807) is 26.4 Å². The SMILES string of the molecule is COc1ccc(C2=NN3[C@@H](C2)c2cc(Cl)ccc2O[C@H]3c2cccc(F)c2)cc1OC. The molecule has 2 aliphatic heterocycles. The van der Waals surface area contributed by atoms with Gasteiger partial charge < -0.3 is 14.2 Å². The van der Waals surface area contributed by atoms with Crippen LogP contribution in [-0.2, 0) is 0 Å². The maximum Gasteiger partial charge on any atom is 0.213 e. The van der Waals surface area contributed by atoms with Crippen molar-refractivity contribution in [2.75, 3.05) is 14.2 Å². The molecule has 7 heteroatoms. The summed E-state index contributed by atoms with van der Waals surface area (Å²) in [4.78, 5) is 0. The van der Waals surface area contributed by atoms with Gasteiger partial charge in [0.25, 0.3) is 0 Å². The van der Waals surface area contributed by atoms with Gasteiger partial charge in [-0.1, -0.05) is 23.7 Å². The van der Waals surface area contributed by atoms with Gasteiger partial charge in [0.15, 0.2) is 11.5 Å². The molecule has 0 unspecified atom stereocenters. The molecule has 158 valence electrons. The lowest BCUT2D eigenvalue weighted by Crippen LogP contribution is -2.33. The fourth-order valence-electron chi connectivity index (χ4n) is 4.13. The average molecular weight is 439 g/mol. The zero-order chi connectivity index (χ0) is 21.5. The Morgan fingerprint density at radius 2 is 1.87 bits per heavy atom. The van der Waals surface area contributed by atoms with E-state index in [1.807, 2.05) is 41.4 Å². The fourth-order valence-corrected chi connectivity index (χ4v) is 4.31. The van der Waals surface area contributed by atoms with Crippen molar-refractivity contribution < 1.29 is 18.6 Å². The predicted octanol–water partition coefficient (Wildman–Crippen LogP) is 5.74. The largest absolute Gasteiger partial charge is 0.493 e. The van der Waals surface area contributed by atoms with Crippen molar-refractivity contribution in [2.24, 2.45) is 5.10 Å². The van der Waals surface area contributed by atoms with E-state index in [-0.39, 0.29) is 11.9 Å². The van der Waals surface area contributed by atoms with E-state index in [9.17, 15) is 4.39 Å². The number of halogens is 2. The zero-order valence-corrected chi connectivity index (χ0v) is 17.8. The Bertz CT molecular complexity index is 1180. The number of nitrogens with zero attached hydrogens (tertiary/aromatic N) is 2. The highest BCUT2D eigenvalue weighted by atomic mass is 35.5. The van der Waals surface area contributed by atoms with Gasteiger partial charge in [0.2, 0.25) is 6.23 Å². The molecular weight excluding hydrogens is 419 g/mol. The van der Waals surface area contributed by atoms with Crippen LogP contribution in [0.1, 0.15) is 35.4 Å². The lowest BCUT2D eigenvalue weighted by molar-refractivity contribution is -0.0192. The Morgan fingerprint density at radius 1 is 1.03 bits per heavy atom. The molecule has 3 aromatic carbocycles. The van der Waals surface area contributed by atoms with Gasteiger partial charge in [-0.2, -0.15) is 5.10 Å². The monoisotopic (exact) mass is 438 g/mol. The summed E-state index contributed by atoms with van der Waals surface area (Å²) in [6.45, 7) is 0. The molecule has 0 fully saturated rings. The minimum absolute atomic E-state index is 0.0844. The Morgan fingerprint density at radius 3 is 2.65 bits per heavy atom. The molecule has 31 heavy (non-hydrogen) atoms. The van der Waals surface area contributed by atoms with Crippen molar-refractivity contribution in [3.8, 4) is 17.2 Å². The summed E-state index contributed by atoms with van der Waals surface area (Å²) in [5.74, 6) is 1.70. The maximum absolute atomic E-state index is 14.0. The summed E-state index contributed by atoms with van der Waals surface area (Å²) in [6.07, 6.45) is 0.102. The number of hydrogen-bond acceptors (Lipinski definition) is 5. The van der Waals surface area contributed by atoms with Crippen LogP contribution in [0.5, 0.6) is 17.2 Å². The normalized spacial score (nSPS) is 19.2. The molecule has 0 radical (unpaired) electrons. The molecule has 0 spiro atoms. The number of hydrazone groups is 1. The van der Waals surface area contributed by atoms with E-state index in [0.29, 0.717) is 28.5 Å². The van der Waals surface area contributed by atoms with Crippen LogP contribution < -0.4 is 14.2 Å². The molecule has 0 saturated carbocycles. The first-order chi connectivity index (χ1) is 15.1. The van der Waals surface area contributed by atoms with Gasteiger partial charge in [0.05, 0.1) is 26.0 Å². The minimum Gasteiger partial charge on any atom is -0.493 e. The van der Waals surface area contributed by atoms with E-state index in [1.165, 1.54) is 12.1 Å². The molecule has 0 bridgehead atoms. The summed E-state index contributed by atoms with van der Waals surface area (Å²) < 4.78 is 31.0. The van der Waals surface area contributed by atoms with E-state index in [0.717, 1.165) is 22.6 Å². The van der Waals surface area contributed by atoms with Crippen molar-refractivity contribution in [2.45, 2.75) is 18.7 Å². The molecule has 5 nitrogen and oxygen atoms in total. The molecular formula is C24H20ClFN2O3. The van der Waals surface area contributed by atoms with Crippen molar-refractivity contribution in [3.63, 3.8) is 0 Å². The highest BCUT2D eigenvalue weighted by Gasteiger charge is 2.41. The Balaban J connectivity index is 1.59. The van der Waals surface area contributed by atoms with Crippen LogP contribution in [0.4, 0.5) is 4.39 Å². The van der Waals surface area contributed by atoms with Crippen LogP contribution >= 0.6 is 11.6 Å². The van der Waals surface area contributed by atoms with Gasteiger partial charge in [0.1, 0.15) is 11.6 Å². The van der Waals surface area contributed by atoms with E-state index in [2.05, 4.69) is 0 Å². The predicted molar refractivity (Wildman–Crippen MR) is 117 cm³/mol. The third-order valence-electron chi connectivity index (χ3n) is 5.60. The first-order valence-corrected chi connectivity index (χ1v) is 10.2. The first-order valence-electron chi connectivity index (χ1n) is 9.87. The van der Waals surface area contributed by atoms with E-state index < -0.39 is 6.23 Å². The summed E-state index contributed by atoms with van der Waals surface area (Å²) >= 11 is 6.28. The molecule has 0 saturated heterocycles. The number of benzene rings is 3. The van der Waals surface area contributed by atoms with Crippen LogP contribution in [0.15, 0.2) is 65.8 Å². The highest BCUT2D eigenvalue weighted by Crippen LogP contribution is 2.48. The average Bonchev–Trinajstić information content (AvgIpc) is 3.24. The molecule has 0 aromatic heterocycles. The number of ether oxygens (including phenoxy) is 3. The Labute approximate surface area is 184 Å². The van der Waals surface area contributed by atoms with Gasteiger partial charge in [-0.15, -0.1) is 0 Å². The molecule has 0 amide bonds. The molecule has 0 N–H and O–H groups in total. The topological polar surface area (TPSA) is 43.3 Å². The number of hydrogen-bond donors (Lipinski definition) is 0. The first kappa shape index (κ1) is 19.7.